The molecule has 0 nitrogen and oxygen atoms in total. The van der Waals surface area contributed by atoms with E-state index in [1.807, 2.05) is 5.57 Å². The lowest BCUT2D eigenvalue weighted by Gasteiger charge is -2.48. The molecule has 0 saturated heterocycles. The maximum absolute atomic E-state index is 2.66. The molecular weight excluding hydrogens is 216 g/mol. The van der Waals surface area contributed by atoms with Gasteiger partial charge in [-0.3, -0.25) is 0 Å². The van der Waals surface area contributed by atoms with E-state index in [0.29, 0.717) is 5.41 Å². The van der Waals surface area contributed by atoms with Gasteiger partial charge in [-0.2, -0.15) is 0 Å². The van der Waals surface area contributed by atoms with Crippen LogP contribution in [0.1, 0.15) is 64.7 Å². The van der Waals surface area contributed by atoms with Crippen LogP contribution in [0.5, 0.6) is 0 Å². The molecule has 4 aliphatic carbocycles. The molecule has 98 valence electrons. The Bertz CT molecular complexity index is 414. The highest BCUT2D eigenvalue weighted by atomic mass is 14.5. The van der Waals surface area contributed by atoms with Gasteiger partial charge in [0.2, 0.25) is 0 Å². The molecule has 0 aromatic rings. The van der Waals surface area contributed by atoms with Crippen LogP contribution in [0.15, 0.2) is 23.3 Å². The van der Waals surface area contributed by atoms with Gasteiger partial charge in [0, 0.05) is 0 Å². The fourth-order valence-electron chi connectivity index (χ4n) is 5.63. The number of fused-ring (bicyclic) bond motifs is 5. The number of hydrogen-bond acceptors (Lipinski definition) is 0. The minimum Gasteiger partial charge on any atom is -0.0847 e. The molecule has 0 amide bonds. The summed E-state index contributed by atoms with van der Waals surface area (Å²) in [5, 5.41) is 0. The lowest BCUT2D eigenvalue weighted by Crippen LogP contribution is -2.38. The van der Waals surface area contributed by atoms with Crippen molar-refractivity contribution in [1.82, 2.24) is 0 Å². The largest absolute Gasteiger partial charge is 0.0847 e. The smallest absolute Gasteiger partial charge is 0.0133 e. The minimum absolute atomic E-state index is 0.679. The van der Waals surface area contributed by atoms with Crippen molar-refractivity contribution in [3.05, 3.63) is 23.3 Å². The summed E-state index contributed by atoms with van der Waals surface area (Å²) in [6.07, 6.45) is 18.3. The molecule has 4 rings (SSSR count). The maximum Gasteiger partial charge on any atom is -0.0133 e. The summed E-state index contributed by atoms with van der Waals surface area (Å²) in [4.78, 5) is 0. The van der Waals surface area contributed by atoms with Gasteiger partial charge in [0.15, 0.2) is 0 Å². The van der Waals surface area contributed by atoms with Crippen LogP contribution in [0.3, 0.4) is 0 Å². The third-order valence-electron chi connectivity index (χ3n) is 6.60. The summed E-state index contributed by atoms with van der Waals surface area (Å²) in [5.74, 6) is 2.85. The van der Waals surface area contributed by atoms with E-state index in [1.54, 1.807) is 5.57 Å². The molecule has 0 aromatic carbocycles. The average molecular weight is 242 g/mol. The first-order valence-electron chi connectivity index (χ1n) is 8.17. The first-order chi connectivity index (χ1) is 8.78. The van der Waals surface area contributed by atoms with Crippen LogP contribution in [0.2, 0.25) is 0 Å². The Morgan fingerprint density at radius 3 is 2.89 bits per heavy atom. The van der Waals surface area contributed by atoms with E-state index in [-0.39, 0.29) is 0 Å². The van der Waals surface area contributed by atoms with Gasteiger partial charge in [0.05, 0.1) is 0 Å². The minimum atomic E-state index is 0.679. The Labute approximate surface area is 112 Å². The van der Waals surface area contributed by atoms with Gasteiger partial charge in [-0.25, -0.2) is 0 Å². The maximum atomic E-state index is 2.66. The van der Waals surface area contributed by atoms with Crippen LogP contribution in [-0.4, -0.2) is 0 Å². The monoisotopic (exact) mass is 242 g/mol. The Kier molecular flexibility index (Phi) is 2.51. The summed E-state index contributed by atoms with van der Waals surface area (Å²) in [5.41, 5.74) is 4.39. The molecular formula is C18H26. The van der Waals surface area contributed by atoms with E-state index in [9.17, 15) is 0 Å². The van der Waals surface area contributed by atoms with Gasteiger partial charge in [-0.15, -0.1) is 0 Å². The van der Waals surface area contributed by atoms with Crippen molar-refractivity contribution >= 4 is 0 Å². The molecule has 0 spiro atoms. The predicted octanol–water partition coefficient (Wildman–Crippen LogP) is 5.26. The second-order valence-electron chi connectivity index (χ2n) is 7.47. The van der Waals surface area contributed by atoms with Gasteiger partial charge in [-0.05, 0) is 74.5 Å². The molecule has 0 radical (unpaired) electrons. The molecule has 0 bridgehead atoms. The highest BCUT2D eigenvalue weighted by Crippen LogP contribution is 2.59. The van der Waals surface area contributed by atoms with Crippen LogP contribution in [0.25, 0.3) is 0 Å². The van der Waals surface area contributed by atoms with Crippen LogP contribution < -0.4 is 0 Å². The summed E-state index contributed by atoms with van der Waals surface area (Å²) in [7, 11) is 0. The lowest BCUT2D eigenvalue weighted by molar-refractivity contribution is 0.142. The van der Waals surface area contributed by atoms with Crippen molar-refractivity contribution in [3.8, 4) is 0 Å². The fraction of sp³-hybridized carbons (Fsp3) is 0.778. The third kappa shape index (κ3) is 1.50. The van der Waals surface area contributed by atoms with Crippen molar-refractivity contribution in [3.63, 3.8) is 0 Å². The second-order valence-corrected chi connectivity index (χ2v) is 7.47. The van der Waals surface area contributed by atoms with E-state index in [4.69, 9.17) is 0 Å². The van der Waals surface area contributed by atoms with Crippen LogP contribution >= 0.6 is 0 Å². The quantitative estimate of drug-likeness (QED) is 0.508. The number of allylic oxidation sites excluding steroid dienone is 4. The molecule has 0 heterocycles. The zero-order chi connectivity index (χ0) is 12.2. The van der Waals surface area contributed by atoms with Crippen LogP contribution in [0.4, 0.5) is 0 Å². The van der Waals surface area contributed by atoms with E-state index in [0.717, 1.165) is 17.8 Å². The molecule has 0 unspecified atom stereocenters. The van der Waals surface area contributed by atoms with Crippen molar-refractivity contribution in [2.45, 2.75) is 64.7 Å². The normalized spacial score (nSPS) is 46.6. The van der Waals surface area contributed by atoms with Gasteiger partial charge in [0.1, 0.15) is 0 Å². The van der Waals surface area contributed by atoms with Crippen LogP contribution in [0, 0.1) is 23.2 Å². The molecule has 0 aliphatic heterocycles. The van der Waals surface area contributed by atoms with Gasteiger partial charge in [-0.1, -0.05) is 36.6 Å². The Hall–Kier alpha value is -0.520. The number of rotatable bonds is 0. The fourth-order valence-corrected chi connectivity index (χ4v) is 5.63. The van der Waals surface area contributed by atoms with Gasteiger partial charge >= 0.3 is 0 Å². The molecule has 0 heteroatoms. The van der Waals surface area contributed by atoms with Crippen LogP contribution in [-0.2, 0) is 0 Å². The van der Waals surface area contributed by atoms with Crippen molar-refractivity contribution in [2.24, 2.45) is 23.2 Å². The molecule has 4 aliphatic rings. The molecule has 0 N–H and O–H groups in total. The van der Waals surface area contributed by atoms with E-state index >= 15 is 0 Å². The first kappa shape index (κ1) is 11.3. The zero-order valence-electron chi connectivity index (χ0n) is 11.8. The summed E-state index contributed by atoms with van der Waals surface area (Å²) < 4.78 is 0. The Balaban J connectivity index is 1.71. The average Bonchev–Trinajstić information content (AvgIpc) is 2.80. The molecule has 2 fully saturated rings. The number of hydrogen-bond donors (Lipinski definition) is 0. The predicted molar refractivity (Wildman–Crippen MR) is 76.3 cm³/mol. The van der Waals surface area contributed by atoms with E-state index in [2.05, 4.69) is 19.1 Å². The van der Waals surface area contributed by atoms with Gasteiger partial charge < -0.3 is 0 Å². The molecule has 2 saturated carbocycles. The second kappa shape index (κ2) is 3.99. The van der Waals surface area contributed by atoms with E-state index in [1.165, 1.54) is 57.8 Å². The highest BCUT2D eigenvalue weighted by molar-refractivity contribution is 5.31. The summed E-state index contributed by atoms with van der Waals surface area (Å²) >= 11 is 0. The molecule has 4 atom stereocenters. The topological polar surface area (TPSA) is 0 Å². The van der Waals surface area contributed by atoms with E-state index < -0.39 is 0 Å². The lowest BCUT2D eigenvalue weighted by atomic mass is 9.57. The highest BCUT2D eigenvalue weighted by Gasteiger charge is 2.48. The van der Waals surface area contributed by atoms with Crippen molar-refractivity contribution in [2.75, 3.05) is 0 Å². The summed E-state index contributed by atoms with van der Waals surface area (Å²) in [6.45, 7) is 2.58. The molecule has 0 aromatic heterocycles. The standard InChI is InChI=1S/C18H26/c1-18-11-4-7-17(18)16-9-8-13-5-2-3-6-14(13)15(16)10-12-18/h5,9,14-15,17H,2-4,6-8,10-12H2,1H3/t14-,15+,17-,18-/m0/s1. The van der Waals surface area contributed by atoms with Crippen molar-refractivity contribution < 1.29 is 0 Å². The van der Waals surface area contributed by atoms with Crippen molar-refractivity contribution in [1.29, 1.82) is 0 Å². The molecule has 18 heavy (non-hydrogen) atoms. The Morgan fingerprint density at radius 2 is 1.94 bits per heavy atom. The van der Waals surface area contributed by atoms with Gasteiger partial charge in [0.25, 0.3) is 0 Å². The first-order valence-corrected chi connectivity index (χ1v) is 8.17. The third-order valence-corrected chi connectivity index (χ3v) is 6.60. The zero-order valence-corrected chi connectivity index (χ0v) is 11.8. The Morgan fingerprint density at radius 1 is 1.00 bits per heavy atom. The summed E-state index contributed by atoms with van der Waals surface area (Å²) in [6, 6.07) is 0. The SMILES string of the molecule is C[C@@]12CCC[C@H]1C1=CCC3=CCCC[C@@H]3[C@H]1CC2.